The molecule has 1 atom stereocenters. The quantitative estimate of drug-likeness (QED) is 0.898. The highest BCUT2D eigenvalue weighted by molar-refractivity contribution is 7.87. The van der Waals surface area contributed by atoms with Crippen molar-refractivity contribution in [3.8, 4) is 5.75 Å². The van der Waals surface area contributed by atoms with Gasteiger partial charge in [-0.15, -0.1) is 0 Å². The van der Waals surface area contributed by atoms with Crippen molar-refractivity contribution in [2.24, 2.45) is 0 Å². The van der Waals surface area contributed by atoms with Gasteiger partial charge in [0.25, 0.3) is 10.2 Å². The van der Waals surface area contributed by atoms with Crippen LogP contribution in [0.25, 0.3) is 0 Å². The van der Waals surface area contributed by atoms with Crippen LogP contribution in [-0.4, -0.2) is 56.5 Å². The Balaban J connectivity index is 1.84. The van der Waals surface area contributed by atoms with E-state index in [0.717, 1.165) is 30.0 Å². The Morgan fingerprint density at radius 3 is 2.54 bits per heavy atom. The van der Waals surface area contributed by atoms with Crippen LogP contribution < -0.4 is 9.46 Å². The maximum atomic E-state index is 12.8. The molecule has 24 heavy (non-hydrogen) atoms. The summed E-state index contributed by atoms with van der Waals surface area (Å²) in [5.74, 6) is 0.775. The number of aryl methyl sites for hydroxylation is 1. The van der Waals surface area contributed by atoms with E-state index in [9.17, 15) is 8.42 Å². The van der Waals surface area contributed by atoms with E-state index in [-0.39, 0.29) is 6.04 Å². The molecule has 0 saturated carbocycles. The highest BCUT2D eigenvalue weighted by Crippen LogP contribution is 2.40. The van der Waals surface area contributed by atoms with E-state index in [0.29, 0.717) is 19.5 Å². The Morgan fingerprint density at radius 2 is 1.88 bits per heavy atom. The first-order valence-corrected chi connectivity index (χ1v) is 9.86. The summed E-state index contributed by atoms with van der Waals surface area (Å²) >= 11 is 0. The Kier molecular flexibility index (Phi) is 4.63. The van der Waals surface area contributed by atoms with Crippen LogP contribution in [0.5, 0.6) is 5.75 Å². The molecule has 2 aliphatic heterocycles. The van der Waals surface area contributed by atoms with E-state index >= 15 is 0 Å². The molecule has 0 aromatic heterocycles. The average molecular weight is 353 g/mol. The minimum absolute atomic E-state index is 0.269. The van der Waals surface area contributed by atoms with Crippen molar-refractivity contribution in [1.82, 2.24) is 13.9 Å². The topological polar surface area (TPSA) is 61.9 Å². The molecule has 0 radical (unpaired) electrons. The Morgan fingerprint density at radius 1 is 1.21 bits per heavy atom. The van der Waals surface area contributed by atoms with Crippen LogP contribution in [0.3, 0.4) is 0 Å². The Labute approximate surface area is 145 Å². The highest BCUT2D eigenvalue weighted by atomic mass is 32.2. The molecule has 1 N–H and O–H groups in total. The van der Waals surface area contributed by atoms with Gasteiger partial charge in [0.2, 0.25) is 0 Å². The second-order valence-corrected chi connectivity index (χ2v) is 9.19. The average Bonchev–Trinajstić information content (AvgIpc) is 2.45. The maximum absolute atomic E-state index is 12.8. The third-order valence-corrected chi connectivity index (χ3v) is 6.35. The van der Waals surface area contributed by atoms with Gasteiger partial charge in [-0.1, -0.05) is 12.1 Å². The van der Waals surface area contributed by atoms with E-state index < -0.39 is 15.8 Å². The number of benzene rings is 1. The minimum Gasteiger partial charge on any atom is -0.487 e. The normalized spacial score (nSPS) is 25.1. The zero-order chi connectivity index (χ0) is 17.5. The third-order valence-electron chi connectivity index (χ3n) is 4.72. The van der Waals surface area contributed by atoms with Crippen molar-refractivity contribution in [3.05, 3.63) is 29.3 Å². The van der Waals surface area contributed by atoms with Crippen molar-refractivity contribution in [2.75, 3.05) is 33.2 Å². The number of hydrogen-bond donors (Lipinski definition) is 1. The van der Waals surface area contributed by atoms with Crippen molar-refractivity contribution in [2.45, 2.75) is 38.8 Å². The standard InChI is InChI=1S/C17H27N3O3S/c1-13-5-6-14-15(12-17(2,3)23-16(14)11-13)18-24(21,22)20-9-7-19(4)8-10-20/h5-6,11,15,18H,7-10,12H2,1-4H3. The first-order valence-electron chi connectivity index (χ1n) is 8.42. The molecular weight excluding hydrogens is 326 g/mol. The number of fused-ring (bicyclic) bond motifs is 1. The lowest BCUT2D eigenvalue weighted by atomic mass is 9.90. The third kappa shape index (κ3) is 3.74. The van der Waals surface area contributed by atoms with E-state index in [1.807, 2.05) is 46.0 Å². The van der Waals surface area contributed by atoms with Gasteiger partial charge >= 0.3 is 0 Å². The molecule has 1 aromatic rings. The maximum Gasteiger partial charge on any atom is 0.280 e. The highest BCUT2D eigenvalue weighted by Gasteiger charge is 2.37. The second-order valence-electron chi connectivity index (χ2n) is 7.48. The largest absolute Gasteiger partial charge is 0.487 e. The van der Waals surface area contributed by atoms with Gasteiger partial charge in [0.1, 0.15) is 11.4 Å². The molecule has 134 valence electrons. The molecule has 3 rings (SSSR count). The summed E-state index contributed by atoms with van der Waals surface area (Å²) in [6.45, 7) is 8.57. The van der Waals surface area contributed by atoms with Crippen LogP contribution in [0.4, 0.5) is 0 Å². The summed E-state index contributed by atoms with van der Waals surface area (Å²) in [6, 6.07) is 5.68. The molecule has 0 spiro atoms. The first-order chi connectivity index (χ1) is 11.2. The fraction of sp³-hybridized carbons (Fsp3) is 0.647. The van der Waals surface area contributed by atoms with E-state index in [2.05, 4.69) is 9.62 Å². The van der Waals surface area contributed by atoms with Gasteiger partial charge in [0.05, 0.1) is 6.04 Å². The molecule has 1 unspecified atom stereocenters. The summed E-state index contributed by atoms with van der Waals surface area (Å²) in [4.78, 5) is 2.14. The summed E-state index contributed by atoms with van der Waals surface area (Å²) < 4.78 is 36.1. The molecule has 0 bridgehead atoms. The van der Waals surface area contributed by atoms with Crippen LogP contribution in [0.2, 0.25) is 0 Å². The smallest absolute Gasteiger partial charge is 0.280 e. The molecular formula is C17H27N3O3S. The molecule has 1 aromatic carbocycles. The number of nitrogens with zero attached hydrogens (tertiary/aromatic N) is 2. The van der Waals surface area contributed by atoms with Gasteiger partial charge in [-0.25, -0.2) is 0 Å². The van der Waals surface area contributed by atoms with Gasteiger partial charge < -0.3 is 9.64 Å². The lowest BCUT2D eigenvalue weighted by Crippen LogP contribution is -2.52. The van der Waals surface area contributed by atoms with E-state index in [1.165, 1.54) is 0 Å². The van der Waals surface area contributed by atoms with Gasteiger partial charge in [-0.3, -0.25) is 0 Å². The molecule has 1 fully saturated rings. The van der Waals surface area contributed by atoms with Crippen LogP contribution in [0.1, 0.15) is 37.4 Å². The van der Waals surface area contributed by atoms with Gasteiger partial charge in [-0.05, 0) is 39.4 Å². The lowest BCUT2D eigenvalue weighted by molar-refractivity contribution is 0.0697. The number of hydrogen-bond acceptors (Lipinski definition) is 4. The van der Waals surface area contributed by atoms with Crippen molar-refractivity contribution in [1.29, 1.82) is 0 Å². The Hall–Kier alpha value is -1.15. The van der Waals surface area contributed by atoms with Crippen molar-refractivity contribution < 1.29 is 13.2 Å². The van der Waals surface area contributed by atoms with Crippen LogP contribution in [-0.2, 0) is 10.2 Å². The van der Waals surface area contributed by atoms with E-state index in [4.69, 9.17) is 4.74 Å². The minimum atomic E-state index is -3.51. The molecule has 7 heteroatoms. The number of rotatable bonds is 3. The fourth-order valence-corrected chi connectivity index (χ4v) is 4.71. The number of likely N-dealkylation sites (N-methyl/N-ethyl adjacent to an activating group) is 1. The van der Waals surface area contributed by atoms with Crippen LogP contribution in [0.15, 0.2) is 18.2 Å². The van der Waals surface area contributed by atoms with Crippen molar-refractivity contribution >= 4 is 10.2 Å². The Bertz CT molecular complexity index is 710. The number of piperazine rings is 1. The predicted octanol–water partition coefficient (Wildman–Crippen LogP) is 1.68. The zero-order valence-corrected chi connectivity index (χ0v) is 15.7. The van der Waals surface area contributed by atoms with Gasteiger partial charge in [0.15, 0.2) is 0 Å². The lowest BCUT2D eigenvalue weighted by Gasteiger charge is -2.39. The monoisotopic (exact) mass is 353 g/mol. The molecule has 6 nitrogen and oxygen atoms in total. The number of ether oxygens (including phenoxy) is 1. The molecule has 0 amide bonds. The SMILES string of the molecule is Cc1ccc2c(c1)OC(C)(C)CC2NS(=O)(=O)N1CCN(C)CC1. The van der Waals surface area contributed by atoms with E-state index in [1.54, 1.807) is 4.31 Å². The molecule has 2 aliphatic rings. The van der Waals surface area contributed by atoms with Crippen LogP contribution in [0, 0.1) is 6.92 Å². The fourth-order valence-electron chi connectivity index (χ4n) is 3.35. The first kappa shape index (κ1) is 17.7. The summed E-state index contributed by atoms with van der Waals surface area (Å²) in [5.41, 5.74) is 1.61. The zero-order valence-electron chi connectivity index (χ0n) is 14.9. The summed E-state index contributed by atoms with van der Waals surface area (Å²) in [5, 5.41) is 0. The molecule has 1 saturated heterocycles. The number of nitrogens with one attached hydrogen (secondary N) is 1. The molecule has 0 aliphatic carbocycles. The van der Waals surface area contributed by atoms with Crippen molar-refractivity contribution in [3.63, 3.8) is 0 Å². The van der Waals surface area contributed by atoms with Gasteiger partial charge in [-0.2, -0.15) is 17.4 Å². The summed E-state index contributed by atoms with van der Waals surface area (Å²) in [6.07, 6.45) is 0.607. The van der Waals surface area contributed by atoms with Gasteiger partial charge in [0, 0.05) is 38.2 Å². The molecule has 2 heterocycles. The summed E-state index contributed by atoms with van der Waals surface area (Å²) in [7, 11) is -1.50. The van der Waals surface area contributed by atoms with Crippen LogP contribution >= 0.6 is 0 Å². The predicted molar refractivity (Wildman–Crippen MR) is 94.4 cm³/mol. The second kappa shape index (κ2) is 6.29.